The van der Waals surface area contributed by atoms with Crippen molar-refractivity contribution in [3.63, 3.8) is 0 Å². The summed E-state index contributed by atoms with van der Waals surface area (Å²) in [6.45, 7) is 27.9. The Morgan fingerprint density at radius 2 is 0.526 bits per heavy atom. The summed E-state index contributed by atoms with van der Waals surface area (Å²) < 4.78 is 35.5. The van der Waals surface area contributed by atoms with Crippen LogP contribution < -0.4 is 0 Å². The molecule has 0 bridgehead atoms. The Hall–Kier alpha value is -1.85. The van der Waals surface area contributed by atoms with Gasteiger partial charge >= 0.3 is 23.9 Å². The predicted molar refractivity (Wildman–Crippen MR) is 333 cm³/mol. The van der Waals surface area contributed by atoms with Crippen molar-refractivity contribution in [1.82, 2.24) is 0 Å². The van der Waals surface area contributed by atoms with E-state index < -0.39 is 33.3 Å². The molecule has 0 aromatic heterocycles. The molecule has 0 aromatic carbocycles. The summed E-state index contributed by atoms with van der Waals surface area (Å²) in [5.41, 5.74) is 0. The van der Waals surface area contributed by atoms with Gasteiger partial charge in [-0.3, -0.25) is 9.59 Å². The second-order valence-electron chi connectivity index (χ2n) is 27.0. The molecule has 0 amide bonds. The van der Waals surface area contributed by atoms with Crippen molar-refractivity contribution in [1.29, 1.82) is 0 Å². The number of esters is 4. The molecule has 0 N–H and O–H groups in total. The molecule has 3 fully saturated rings. The molecule has 0 heterocycles. The van der Waals surface area contributed by atoms with Gasteiger partial charge < -0.3 is 27.2 Å². The quantitative estimate of drug-likeness (QED) is 0.0191. The third kappa shape index (κ3) is 32.7. The Kier molecular flexibility index (Phi) is 35.7. The molecule has 0 unspecified atom stereocenters. The predicted octanol–water partition coefficient (Wildman–Crippen LogP) is 18.4. The summed E-state index contributed by atoms with van der Waals surface area (Å²) in [7, 11) is -6.76. The van der Waals surface area contributed by atoms with E-state index in [1.807, 2.05) is 0 Å². The normalized spacial score (nSPS) is 21.4. The third-order valence-corrected chi connectivity index (χ3v) is 33.0. The number of unbranched alkanes of at least 4 members (excludes halogenated alkanes) is 18. The maximum Gasteiger partial charge on any atom is 0.330 e. The van der Waals surface area contributed by atoms with Crippen LogP contribution in [0.4, 0.5) is 0 Å². The molecule has 3 aliphatic rings. The molecule has 10 nitrogen and oxygen atoms in total. The van der Waals surface area contributed by atoms with Crippen LogP contribution in [0.25, 0.3) is 0 Å². The standard InChI is InChI=1S/C64H120O10Si4/c1-11-61(65)69-47-29-33-53-77(7,8)73-75(3,4)51-31-25-21-17-13-15-19-23-27-49-71-63(67)59-43-39-57(40-44-59)55-35-37-56(38-36-55)58-41-45-60(46-42-58)64(68)72-50-28-24-20-16-14-18-22-26-32-52-76(5,6)74-78(9,10)54-34-30-48-70-62(66)12-2/h11-12,55-60H,1-2,13-54H2,3-10H3. The van der Waals surface area contributed by atoms with E-state index in [0.717, 1.165) is 113 Å². The Morgan fingerprint density at radius 1 is 0.321 bits per heavy atom. The van der Waals surface area contributed by atoms with E-state index in [0.29, 0.717) is 26.4 Å². The molecule has 452 valence electrons. The summed E-state index contributed by atoms with van der Waals surface area (Å²) in [5.74, 6) is 2.87. The van der Waals surface area contributed by atoms with E-state index in [1.165, 1.54) is 165 Å². The Labute approximate surface area is 483 Å². The van der Waals surface area contributed by atoms with Crippen molar-refractivity contribution in [3.8, 4) is 0 Å². The number of carbonyl (C=O) groups is 4. The second-order valence-corrected chi connectivity index (χ2v) is 44.7. The zero-order valence-corrected chi connectivity index (χ0v) is 55.8. The minimum Gasteiger partial charge on any atom is -0.465 e. The van der Waals surface area contributed by atoms with Crippen LogP contribution in [0.1, 0.15) is 218 Å². The first kappa shape index (κ1) is 70.4. The van der Waals surface area contributed by atoms with Crippen molar-refractivity contribution < 1.29 is 46.4 Å². The molecule has 3 saturated carbocycles. The van der Waals surface area contributed by atoms with E-state index in [2.05, 4.69) is 65.5 Å². The zero-order chi connectivity index (χ0) is 57.1. The summed E-state index contributed by atoms with van der Waals surface area (Å²) in [4.78, 5) is 48.5. The summed E-state index contributed by atoms with van der Waals surface area (Å²) >= 11 is 0. The largest absolute Gasteiger partial charge is 0.465 e. The molecule has 0 aromatic rings. The summed E-state index contributed by atoms with van der Waals surface area (Å²) in [6, 6.07) is 4.69. The maximum atomic E-state index is 13.0. The van der Waals surface area contributed by atoms with E-state index >= 15 is 0 Å². The van der Waals surface area contributed by atoms with Crippen LogP contribution in [0.2, 0.25) is 76.6 Å². The minimum atomic E-state index is -1.71. The molecule has 14 heteroatoms. The highest BCUT2D eigenvalue weighted by molar-refractivity contribution is 6.85. The van der Waals surface area contributed by atoms with Gasteiger partial charge in [-0.1, -0.05) is 129 Å². The fraction of sp³-hybridized carbons (Fsp3) is 0.875. The van der Waals surface area contributed by atoms with Crippen molar-refractivity contribution in [2.45, 2.75) is 295 Å². The van der Waals surface area contributed by atoms with Gasteiger partial charge in [-0.2, -0.15) is 0 Å². The second kappa shape index (κ2) is 39.6. The van der Waals surface area contributed by atoms with Gasteiger partial charge in [0.25, 0.3) is 0 Å². The van der Waals surface area contributed by atoms with Crippen LogP contribution in [0.15, 0.2) is 25.3 Å². The van der Waals surface area contributed by atoms with Gasteiger partial charge in [0, 0.05) is 12.2 Å². The molecule has 78 heavy (non-hydrogen) atoms. The monoisotopic (exact) mass is 1160 g/mol. The number of hydrogen-bond acceptors (Lipinski definition) is 10. The lowest BCUT2D eigenvalue weighted by molar-refractivity contribution is -0.151. The Morgan fingerprint density at radius 3 is 0.795 bits per heavy atom. The molecule has 3 rings (SSSR count). The molecule has 0 aliphatic heterocycles. The van der Waals surface area contributed by atoms with Crippen molar-refractivity contribution in [3.05, 3.63) is 25.3 Å². The average Bonchev–Trinajstić information content (AvgIpc) is 3.40. The molecule has 0 radical (unpaired) electrons. The van der Waals surface area contributed by atoms with Crippen LogP contribution in [0.5, 0.6) is 0 Å². The van der Waals surface area contributed by atoms with Gasteiger partial charge in [-0.05, 0) is 203 Å². The molecule has 3 aliphatic carbocycles. The van der Waals surface area contributed by atoms with Crippen molar-refractivity contribution in [2.24, 2.45) is 35.5 Å². The highest BCUT2D eigenvalue weighted by Gasteiger charge is 2.38. The first-order chi connectivity index (χ1) is 37.2. The highest BCUT2D eigenvalue weighted by atomic mass is 28.4. The number of ether oxygens (including phenoxy) is 4. The maximum absolute atomic E-state index is 13.0. The highest BCUT2D eigenvalue weighted by Crippen LogP contribution is 2.46. The fourth-order valence-electron chi connectivity index (χ4n) is 13.6. The van der Waals surface area contributed by atoms with Gasteiger partial charge in [0.15, 0.2) is 33.3 Å². The van der Waals surface area contributed by atoms with Crippen LogP contribution in [0, 0.1) is 35.5 Å². The van der Waals surface area contributed by atoms with E-state index in [1.54, 1.807) is 0 Å². The summed E-state index contributed by atoms with van der Waals surface area (Å²) in [6.07, 6.45) is 42.8. The fourth-order valence-corrected chi connectivity index (χ4v) is 31.6. The first-order valence-electron chi connectivity index (χ1n) is 32.6. The number of carbonyl (C=O) groups excluding carboxylic acids is 4. The van der Waals surface area contributed by atoms with E-state index in [4.69, 9.17) is 27.2 Å². The lowest BCUT2D eigenvalue weighted by Crippen LogP contribution is -2.44. The molecular weight excluding hydrogens is 1040 g/mol. The average molecular weight is 1160 g/mol. The lowest BCUT2D eigenvalue weighted by atomic mass is 9.65. The third-order valence-electron chi connectivity index (χ3n) is 18.0. The zero-order valence-electron chi connectivity index (χ0n) is 51.8. The smallest absolute Gasteiger partial charge is 0.330 e. The van der Waals surface area contributed by atoms with E-state index in [-0.39, 0.29) is 35.7 Å². The van der Waals surface area contributed by atoms with Crippen LogP contribution >= 0.6 is 0 Å². The van der Waals surface area contributed by atoms with Crippen molar-refractivity contribution >= 4 is 57.1 Å². The molecule has 0 saturated heterocycles. The number of rotatable bonds is 44. The van der Waals surface area contributed by atoms with Gasteiger partial charge in [0.05, 0.1) is 38.3 Å². The van der Waals surface area contributed by atoms with Crippen LogP contribution in [-0.2, 0) is 46.4 Å². The van der Waals surface area contributed by atoms with Gasteiger partial charge in [0.1, 0.15) is 0 Å². The van der Waals surface area contributed by atoms with Crippen LogP contribution in [-0.4, -0.2) is 83.6 Å². The first-order valence-corrected chi connectivity index (χ1v) is 45.0. The Balaban J connectivity index is 1.09. The van der Waals surface area contributed by atoms with Gasteiger partial charge in [0.2, 0.25) is 0 Å². The summed E-state index contributed by atoms with van der Waals surface area (Å²) in [5, 5.41) is 0. The van der Waals surface area contributed by atoms with Crippen LogP contribution in [0.3, 0.4) is 0 Å². The Bertz CT molecular complexity index is 1540. The SMILES string of the molecule is C=CC(=O)OCCCC[Si](C)(C)O[Si](C)(C)CCCCCCCCCCCOC(=O)C1CCC(C2CCC(C3CCC(C(=O)OCCCCCCCCCCC[Si](C)(C)O[Si](C)(C)CCCCOC(=O)C=C)CC3)CC2)CC1. The lowest BCUT2D eigenvalue weighted by Gasteiger charge is -2.41. The van der Waals surface area contributed by atoms with E-state index in [9.17, 15) is 19.2 Å². The van der Waals surface area contributed by atoms with Crippen molar-refractivity contribution in [2.75, 3.05) is 26.4 Å². The minimum absolute atomic E-state index is 0.0638. The van der Waals surface area contributed by atoms with Gasteiger partial charge in [-0.25, -0.2) is 9.59 Å². The molecule has 0 atom stereocenters. The number of hydrogen-bond donors (Lipinski definition) is 0. The molecular formula is C64H120O10Si4. The molecule has 0 spiro atoms. The topological polar surface area (TPSA) is 124 Å². The van der Waals surface area contributed by atoms with Gasteiger partial charge in [-0.15, -0.1) is 0 Å².